The molecular formula is C15H14Cl2FN. The van der Waals surface area contributed by atoms with Gasteiger partial charge in [0.05, 0.1) is 6.04 Å². The maximum absolute atomic E-state index is 14.0. The first-order chi connectivity index (χ1) is 9.04. The van der Waals surface area contributed by atoms with E-state index in [1.54, 1.807) is 37.4 Å². The lowest BCUT2D eigenvalue weighted by atomic mass is 9.97. The van der Waals surface area contributed by atoms with E-state index in [1.807, 2.05) is 6.92 Å². The second-order valence-corrected chi connectivity index (χ2v) is 5.20. The van der Waals surface area contributed by atoms with Crippen LogP contribution in [0.5, 0.6) is 0 Å². The minimum absolute atomic E-state index is 0.277. The molecule has 0 fully saturated rings. The number of rotatable bonds is 3. The molecule has 0 saturated heterocycles. The molecule has 0 amide bonds. The fourth-order valence-electron chi connectivity index (χ4n) is 2.13. The van der Waals surface area contributed by atoms with E-state index in [9.17, 15) is 4.39 Å². The Morgan fingerprint density at radius 3 is 2.32 bits per heavy atom. The topological polar surface area (TPSA) is 12.0 Å². The highest BCUT2D eigenvalue weighted by Gasteiger charge is 2.21. The molecule has 0 heterocycles. The summed E-state index contributed by atoms with van der Waals surface area (Å²) in [6.45, 7) is 1.92. The van der Waals surface area contributed by atoms with Crippen molar-refractivity contribution in [2.24, 2.45) is 0 Å². The predicted octanol–water partition coefficient (Wildman–Crippen LogP) is 4.75. The molecule has 1 N–H and O–H groups in total. The number of hydrogen-bond acceptors (Lipinski definition) is 1. The Bertz CT molecular complexity index is 578. The van der Waals surface area contributed by atoms with Gasteiger partial charge in [-0.05, 0) is 32.2 Å². The van der Waals surface area contributed by atoms with Crippen LogP contribution >= 0.6 is 23.2 Å². The molecule has 1 atom stereocenters. The van der Waals surface area contributed by atoms with Crippen LogP contribution < -0.4 is 5.32 Å². The number of nitrogens with one attached hydrogen (secondary N) is 1. The van der Waals surface area contributed by atoms with E-state index >= 15 is 0 Å². The summed E-state index contributed by atoms with van der Waals surface area (Å²) < 4.78 is 14.0. The lowest BCUT2D eigenvalue weighted by Gasteiger charge is -2.21. The van der Waals surface area contributed by atoms with Crippen molar-refractivity contribution in [3.8, 4) is 0 Å². The van der Waals surface area contributed by atoms with Gasteiger partial charge in [-0.25, -0.2) is 4.39 Å². The lowest BCUT2D eigenvalue weighted by molar-refractivity contribution is 0.575. The van der Waals surface area contributed by atoms with Gasteiger partial charge in [0.2, 0.25) is 0 Å². The molecular weight excluding hydrogens is 284 g/mol. The Morgan fingerprint density at radius 2 is 1.74 bits per heavy atom. The standard InChI is InChI=1S/C15H14Cl2FN/c1-9-6-7-13(18)10(8-9)15(19-2)14-11(16)4-3-5-12(14)17/h3-8,15,19H,1-2H3. The number of aryl methyl sites for hydroxylation is 1. The average molecular weight is 298 g/mol. The van der Waals surface area contributed by atoms with Crippen LogP contribution in [0.25, 0.3) is 0 Å². The summed E-state index contributed by atoms with van der Waals surface area (Å²) in [5, 5.41) is 4.12. The van der Waals surface area contributed by atoms with E-state index < -0.39 is 0 Å². The zero-order chi connectivity index (χ0) is 14.0. The second-order valence-electron chi connectivity index (χ2n) is 4.38. The first kappa shape index (κ1) is 14.3. The molecule has 4 heteroatoms. The SMILES string of the molecule is CNC(c1cc(C)ccc1F)c1c(Cl)cccc1Cl. The van der Waals surface area contributed by atoms with Crippen LogP contribution in [0.15, 0.2) is 36.4 Å². The molecule has 100 valence electrons. The monoisotopic (exact) mass is 297 g/mol. The molecule has 1 unspecified atom stereocenters. The summed E-state index contributed by atoms with van der Waals surface area (Å²) in [6, 6.07) is 9.89. The third-order valence-corrected chi connectivity index (χ3v) is 3.70. The molecule has 2 aromatic rings. The Hall–Kier alpha value is -1.09. The van der Waals surface area contributed by atoms with Gasteiger partial charge < -0.3 is 5.32 Å². The van der Waals surface area contributed by atoms with Crippen molar-refractivity contribution in [1.82, 2.24) is 5.32 Å². The molecule has 0 saturated carbocycles. The van der Waals surface area contributed by atoms with Crippen LogP contribution in [-0.2, 0) is 0 Å². The Balaban J connectivity index is 2.59. The van der Waals surface area contributed by atoms with E-state index in [4.69, 9.17) is 23.2 Å². The smallest absolute Gasteiger partial charge is 0.128 e. The molecule has 0 aromatic heterocycles. The maximum Gasteiger partial charge on any atom is 0.128 e. The molecule has 2 aromatic carbocycles. The van der Waals surface area contributed by atoms with E-state index in [2.05, 4.69) is 5.32 Å². The van der Waals surface area contributed by atoms with Gasteiger partial charge in [0.15, 0.2) is 0 Å². The van der Waals surface area contributed by atoms with E-state index in [1.165, 1.54) is 6.07 Å². The summed E-state index contributed by atoms with van der Waals surface area (Å²) >= 11 is 12.4. The molecule has 0 aliphatic rings. The van der Waals surface area contributed by atoms with Crippen molar-refractivity contribution in [3.05, 3.63) is 69.0 Å². The predicted molar refractivity (Wildman–Crippen MR) is 78.5 cm³/mol. The Labute approximate surface area is 122 Å². The first-order valence-corrected chi connectivity index (χ1v) is 6.67. The van der Waals surface area contributed by atoms with Gasteiger partial charge in [-0.1, -0.05) is 47.0 Å². The largest absolute Gasteiger partial charge is 0.309 e. The van der Waals surface area contributed by atoms with Gasteiger partial charge in [-0.15, -0.1) is 0 Å². The first-order valence-electron chi connectivity index (χ1n) is 5.92. The Morgan fingerprint density at radius 1 is 1.11 bits per heavy atom. The van der Waals surface area contributed by atoms with Crippen molar-refractivity contribution in [1.29, 1.82) is 0 Å². The van der Waals surface area contributed by atoms with Gasteiger partial charge >= 0.3 is 0 Å². The van der Waals surface area contributed by atoms with Crippen LogP contribution in [0.4, 0.5) is 4.39 Å². The average Bonchev–Trinajstić information content (AvgIpc) is 2.37. The van der Waals surface area contributed by atoms with E-state index in [0.29, 0.717) is 21.2 Å². The minimum atomic E-state index is -0.374. The summed E-state index contributed by atoms with van der Waals surface area (Å²) in [4.78, 5) is 0. The molecule has 0 radical (unpaired) electrons. The molecule has 0 bridgehead atoms. The van der Waals surface area contributed by atoms with Crippen molar-refractivity contribution >= 4 is 23.2 Å². The number of hydrogen-bond donors (Lipinski definition) is 1. The van der Waals surface area contributed by atoms with Crippen molar-refractivity contribution in [2.75, 3.05) is 7.05 Å². The highest BCUT2D eigenvalue weighted by atomic mass is 35.5. The van der Waals surface area contributed by atoms with E-state index in [-0.39, 0.29) is 11.9 Å². The normalized spacial score (nSPS) is 12.5. The fourth-order valence-corrected chi connectivity index (χ4v) is 2.74. The molecule has 0 aliphatic carbocycles. The van der Waals surface area contributed by atoms with Gasteiger partial charge in [0.25, 0.3) is 0 Å². The van der Waals surface area contributed by atoms with Gasteiger partial charge in [-0.3, -0.25) is 0 Å². The third-order valence-electron chi connectivity index (χ3n) is 3.04. The van der Waals surface area contributed by atoms with Crippen LogP contribution in [0.1, 0.15) is 22.7 Å². The van der Waals surface area contributed by atoms with Gasteiger partial charge in [0.1, 0.15) is 5.82 Å². The molecule has 1 nitrogen and oxygen atoms in total. The highest BCUT2D eigenvalue weighted by Crippen LogP contribution is 2.35. The zero-order valence-corrected chi connectivity index (χ0v) is 12.2. The van der Waals surface area contributed by atoms with Crippen LogP contribution in [0.2, 0.25) is 10.0 Å². The lowest BCUT2D eigenvalue weighted by Crippen LogP contribution is -2.20. The van der Waals surface area contributed by atoms with Crippen LogP contribution in [-0.4, -0.2) is 7.05 Å². The minimum Gasteiger partial charge on any atom is -0.309 e. The van der Waals surface area contributed by atoms with Crippen molar-refractivity contribution < 1.29 is 4.39 Å². The fraction of sp³-hybridized carbons (Fsp3) is 0.200. The van der Waals surface area contributed by atoms with Crippen LogP contribution in [0, 0.1) is 12.7 Å². The third kappa shape index (κ3) is 2.92. The molecule has 0 spiro atoms. The van der Waals surface area contributed by atoms with Gasteiger partial charge in [0, 0.05) is 21.2 Å². The number of halogens is 3. The summed E-state index contributed by atoms with van der Waals surface area (Å²) in [5.41, 5.74) is 2.22. The molecule has 19 heavy (non-hydrogen) atoms. The summed E-state index contributed by atoms with van der Waals surface area (Å²) in [7, 11) is 1.76. The van der Waals surface area contributed by atoms with Crippen molar-refractivity contribution in [3.63, 3.8) is 0 Å². The van der Waals surface area contributed by atoms with Gasteiger partial charge in [-0.2, -0.15) is 0 Å². The van der Waals surface area contributed by atoms with Crippen LogP contribution in [0.3, 0.4) is 0 Å². The van der Waals surface area contributed by atoms with E-state index in [0.717, 1.165) is 5.56 Å². The highest BCUT2D eigenvalue weighted by molar-refractivity contribution is 6.36. The second kappa shape index (κ2) is 5.91. The quantitative estimate of drug-likeness (QED) is 0.862. The summed E-state index contributed by atoms with van der Waals surface area (Å²) in [5.74, 6) is -0.277. The summed E-state index contributed by atoms with van der Waals surface area (Å²) in [6.07, 6.45) is 0. The zero-order valence-electron chi connectivity index (χ0n) is 10.7. The maximum atomic E-state index is 14.0. The molecule has 0 aliphatic heterocycles. The molecule has 2 rings (SSSR count). The number of benzene rings is 2. The van der Waals surface area contributed by atoms with Crippen molar-refractivity contribution in [2.45, 2.75) is 13.0 Å². The Kier molecular flexibility index (Phi) is 4.46.